The molecule has 0 bridgehead atoms. The number of alkyl halides is 3. The minimum atomic E-state index is -4.91. The molecular weight excluding hydrogens is 245 g/mol. The lowest BCUT2D eigenvalue weighted by Gasteiger charge is -2.36. The molecule has 16 heavy (non-hydrogen) atoms. The summed E-state index contributed by atoms with van der Waals surface area (Å²) in [5, 5.41) is 0. The van der Waals surface area contributed by atoms with Crippen molar-refractivity contribution in [2.45, 2.75) is 23.8 Å². The molecule has 0 aromatic rings. The number of carbonyl (C=O) groups is 1. The Bertz CT molecular complexity index is 287. The summed E-state index contributed by atoms with van der Waals surface area (Å²) < 4.78 is 37.8. The number of piperidine rings is 1. The van der Waals surface area contributed by atoms with Crippen LogP contribution in [0.3, 0.4) is 0 Å². The second-order valence-corrected chi connectivity index (χ2v) is 4.90. The number of Topliss-reactive ketones (excluding diaryl/α,β-unsaturated/α-hetero) is 1. The molecule has 0 aromatic carbocycles. The van der Waals surface area contributed by atoms with Gasteiger partial charge in [-0.3, -0.25) is 4.79 Å². The van der Waals surface area contributed by atoms with Crippen LogP contribution < -0.4 is 0 Å². The van der Waals surface area contributed by atoms with Gasteiger partial charge in [0.2, 0.25) is 0 Å². The summed E-state index contributed by atoms with van der Waals surface area (Å²) in [5.41, 5.74) is 0. The molecule has 0 N–H and O–H groups in total. The van der Waals surface area contributed by atoms with E-state index in [2.05, 4.69) is 4.58 Å². The van der Waals surface area contributed by atoms with Crippen LogP contribution in [0.25, 0.3) is 0 Å². The third kappa shape index (κ3) is 2.73. The molecule has 4 nitrogen and oxygen atoms in total. The largest absolute Gasteiger partial charge is 0.451 e. The summed E-state index contributed by atoms with van der Waals surface area (Å²) in [6.07, 6.45) is -4.91. The molecule has 1 heterocycles. The number of rotatable bonds is 3. The van der Waals surface area contributed by atoms with Gasteiger partial charge in [-0.05, 0) is 33.0 Å². The second-order valence-electron chi connectivity index (χ2n) is 3.79. The summed E-state index contributed by atoms with van der Waals surface area (Å²) >= 11 is 0.210. The van der Waals surface area contributed by atoms with E-state index in [0.717, 1.165) is 0 Å². The Morgan fingerprint density at radius 3 is 2.25 bits per heavy atom. The van der Waals surface area contributed by atoms with Crippen molar-refractivity contribution in [1.82, 2.24) is 4.90 Å². The lowest BCUT2D eigenvalue weighted by molar-refractivity contribution is -0.174. The lowest BCUT2D eigenvalue weighted by atomic mass is 9.91. The maximum absolute atomic E-state index is 12.4. The molecule has 0 saturated carbocycles. The van der Waals surface area contributed by atoms with E-state index in [-0.39, 0.29) is 24.8 Å². The Hall–Kier alpha value is -0.630. The Kier molecular flexibility index (Phi) is 3.95. The maximum Gasteiger partial charge on any atom is 0.451 e. The van der Waals surface area contributed by atoms with E-state index in [4.69, 9.17) is 0 Å². The predicted molar refractivity (Wildman–Crippen MR) is 53.9 cm³/mol. The van der Waals surface area contributed by atoms with Crippen LogP contribution in [0.4, 0.5) is 13.2 Å². The molecular formula is C8H11F3N2O2S. The molecule has 92 valence electrons. The Morgan fingerprint density at radius 2 is 1.88 bits per heavy atom. The molecule has 1 aliphatic rings. The van der Waals surface area contributed by atoms with Gasteiger partial charge in [-0.25, -0.2) is 0 Å². The molecule has 1 aliphatic heterocycles. The Balaban J connectivity index is 2.89. The molecule has 8 heteroatoms. The van der Waals surface area contributed by atoms with Crippen LogP contribution in [-0.2, 0) is 4.79 Å². The highest BCUT2D eigenvalue weighted by Crippen LogP contribution is 2.41. The molecule has 0 unspecified atom stereocenters. The van der Waals surface area contributed by atoms with E-state index in [1.165, 1.54) is 0 Å². The van der Waals surface area contributed by atoms with Gasteiger partial charge >= 0.3 is 6.18 Å². The first kappa shape index (κ1) is 13.4. The molecule has 0 aliphatic carbocycles. The molecule has 1 rings (SSSR count). The second kappa shape index (κ2) is 4.70. The van der Waals surface area contributed by atoms with Gasteiger partial charge in [0.25, 0.3) is 5.78 Å². The molecule has 0 amide bonds. The standard InChI is InChI=1S/C8H11F3N2O2S/c1-13-4-2-7(3-5-13,16-12-15)6(14)8(9,10)11/h2-5H2,1H3. The van der Waals surface area contributed by atoms with Crippen molar-refractivity contribution >= 4 is 17.7 Å². The Morgan fingerprint density at radius 1 is 1.38 bits per heavy atom. The smallest absolute Gasteiger partial charge is 0.306 e. The van der Waals surface area contributed by atoms with E-state index in [1.807, 2.05) is 4.90 Å². The van der Waals surface area contributed by atoms with Crippen LogP contribution in [0.5, 0.6) is 0 Å². The molecule has 0 spiro atoms. The fourth-order valence-corrected chi connectivity index (χ4v) is 2.38. The number of ketones is 1. The Labute approximate surface area is 94.7 Å². The van der Waals surface area contributed by atoms with Crippen molar-refractivity contribution in [2.24, 2.45) is 4.58 Å². The maximum atomic E-state index is 12.4. The summed E-state index contributed by atoms with van der Waals surface area (Å²) in [5.74, 6) is -1.85. The number of hydrogen-bond donors (Lipinski definition) is 0. The predicted octanol–water partition coefficient (Wildman–Crippen LogP) is 2.00. The molecule has 1 fully saturated rings. The van der Waals surface area contributed by atoms with E-state index in [9.17, 15) is 22.9 Å². The first-order valence-corrected chi connectivity index (χ1v) is 5.40. The van der Waals surface area contributed by atoms with Gasteiger partial charge in [0.1, 0.15) is 4.75 Å². The van der Waals surface area contributed by atoms with E-state index >= 15 is 0 Å². The highest BCUT2D eigenvalue weighted by Gasteiger charge is 2.54. The first-order valence-electron chi connectivity index (χ1n) is 4.63. The third-order valence-corrected chi connectivity index (χ3v) is 3.70. The summed E-state index contributed by atoms with van der Waals surface area (Å²) in [4.78, 5) is 23.3. The topological polar surface area (TPSA) is 49.7 Å². The van der Waals surface area contributed by atoms with Crippen LogP contribution in [0.1, 0.15) is 12.8 Å². The number of nitrogens with zero attached hydrogens (tertiary/aromatic N) is 2. The normalized spacial score (nSPS) is 21.8. The van der Waals surface area contributed by atoms with Gasteiger partial charge in [-0.2, -0.15) is 13.2 Å². The third-order valence-electron chi connectivity index (χ3n) is 2.68. The fraction of sp³-hybridized carbons (Fsp3) is 0.875. The van der Waals surface area contributed by atoms with Crippen molar-refractivity contribution in [3.05, 3.63) is 4.91 Å². The van der Waals surface area contributed by atoms with Crippen molar-refractivity contribution < 1.29 is 18.0 Å². The zero-order valence-corrected chi connectivity index (χ0v) is 9.40. The van der Waals surface area contributed by atoms with Gasteiger partial charge < -0.3 is 4.90 Å². The number of hydrogen-bond acceptors (Lipinski definition) is 5. The minimum Gasteiger partial charge on any atom is -0.306 e. The number of carbonyl (C=O) groups excluding carboxylic acids is 1. The van der Waals surface area contributed by atoms with Crippen LogP contribution >= 0.6 is 11.9 Å². The number of likely N-dealkylation sites (tertiary alicyclic amines) is 1. The molecule has 1 saturated heterocycles. The van der Waals surface area contributed by atoms with Crippen molar-refractivity contribution in [3.8, 4) is 0 Å². The average Bonchev–Trinajstić information content (AvgIpc) is 2.20. The lowest BCUT2D eigenvalue weighted by Crippen LogP contribution is -2.50. The van der Waals surface area contributed by atoms with Crippen LogP contribution in [0, 0.1) is 4.91 Å². The zero-order valence-electron chi connectivity index (χ0n) is 8.58. The minimum absolute atomic E-state index is 0.00174. The van der Waals surface area contributed by atoms with Crippen molar-refractivity contribution in [1.29, 1.82) is 0 Å². The van der Waals surface area contributed by atoms with E-state index in [1.54, 1.807) is 7.05 Å². The van der Waals surface area contributed by atoms with Gasteiger partial charge in [0.05, 0.1) is 0 Å². The highest BCUT2D eigenvalue weighted by molar-refractivity contribution is 8.00. The molecule has 0 aromatic heterocycles. The quantitative estimate of drug-likeness (QED) is 0.572. The van der Waals surface area contributed by atoms with E-state index < -0.39 is 16.7 Å². The summed E-state index contributed by atoms with van der Waals surface area (Å²) in [6, 6.07) is 0. The highest BCUT2D eigenvalue weighted by atomic mass is 32.2. The first-order chi connectivity index (χ1) is 7.32. The summed E-state index contributed by atoms with van der Waals surface area (Å²) in [7, 11) is 1.75. The van der Waals surface area contributed by atoms with E-state index in [0.29, 0.717) is 13.1 Å². The summed E-state index contributed by atoms with van der Waals surface area (Å²) in [6.45, 7) is 0.703. The van der Waals surface area contributed by atoms with Crippen LogP contribution in [0.15, 0.2) is 4.58 Å². The zero-order chi connectivity index (χ0) is 12.4. The van der Waals surface area contributed by atoms with Gasteiger partial charge in [-0.15, -0.1) is 4.91 Å². The molecule has 0 radical (unpaired) electrons. The van der Waals surface area contributed by atoms with Gasteiger partial charge in [-0.1, -0.05) is 0 Å². The van der Waals surface area contributed by atoms with Crippen molar-refractivity contribution in [2.75, 3.05) is 20.1 Å². The average molecular weight is 256 g/mol. The van der Waals surface area contributed by atoms with Gasteiger partial charge in [0, 0.05) is 16.5 Å². The van der Waals surface area contributed by atoms with Crippen LogP contribution in [-0.4, -0.2) is 41.7 Å². The monoisotopic (exact) mass is 256 g/mol. The van der Waals surface area contributed by atoms with Crippen LogP contribution in [0.2, 0.25) is 0 Å². The van der Waals surface area contributed by atoms with Crippen molar-refractivity contribution in [3.63, 3.8) is 0 Å². The SMILES string of the molecule is CN1CCC(SN=O)(C(=O)C(F)(F)F)CC1. The number of nitroso groups, excluding NO2 is 1. The number of halogens is 3. The fourth-order valence-electron chi connectivity index (χ4n) is 1.67. The molecule has 0 atom stereocenters. The van der Waals surface area contributed by atoms with Gasteiger partial charge in [0.15, 0.2) is 0 Å².